The van der Waals surface area contributed by atoms with Gasteiger partial charge in [0.05, 0.1) is 6.61 Å². The molecule has 2 aliphatic carbocycles. The van der Waals surface area contributed by atoms with E-state index in [4.69, 9.17) is 4.74 Å². The van der Waals surface area contributed by atoms with Crippen LogP contribution < -0.4 is 0 Å². The predicted octanol–water partition coefficient (Wildman–Crippen LogP) is 6.50. The highest BCUT2D eigenvalue weighted by Crippen LogP contribution is 2.39. The van der Waals surface area contributed by atoms with Gasteiger partial charge in [-0.1, -0.05) is 47.1 Å². The molecule has 0 radical (unpaired) electrons. The molecule has 0 N–H and O–H groups in total. The van der Waals surface area contributed by atoms with E-state index in [1.54, 1.807) is 6.08 Å². The molecular weight excluding hydrogens is 336 g/mol. The first-order chi connectivity index (χ1) is 12.4. The molecule has 0 spiro atoms. The molecule has 2 fully saturated rings. The van der Waals surface area contributed by atoms with Crippen LogP contribution >= 0.6 is 0 Å². The maximum atomic E-state index is 11.3. The fourth-order valence-electron chi connectivity index (χ4n) is 4.16. The number of carbonyl (C=O) groups excluding carboxylic acids is 2. The Labute approximate surface area is 167 Å². The Morgan fingerprint density at radius 3 is 1.67 bits per heavy atom. The molecule has 2 aliphatic rings. The van der Waals surface area contributed by atoms with E-state index in [0.717, 1.165) is 50.4 Å². The molecule has 3 heteroatoms. The minimum Gasteiger partial charge on any atom is -0.463 e. The molecule has 156 valence electrons. The van der Waals surface area contributed by atoms with Gasteiger partial charge in [-0.15, -0.1) is 0 Å². The summed E-state index contributed by atoms with van der Waals surface area (Å²) >= 11 is 0. The molecule has 0 aromatic rings. The van der Waals surface area contributed by atoms with Crippen LogP contribution in [0.5, 0.6) is 0 Å². The molecule has 0 aliphatic heterocycles. The number of hydrogen-bond acceptors (Lipinski definition) is 3. The SMILES string of the molecule is CC(C)(C)C1CCC(=O)CC1.CCOC(=O)C=C1CCC(C(C)(C)C)CC1. The van der Waals surface area contributed by atoms with Crippen LogP contribution in [0.15, 0.2) is 11.6 Å². The van der Waals surface area contributed by atoms with Crippen LogP contribution in [0.4, 0.5) is 0 Å². The van der Waals surface area contributed by atoms with Crippen LogP contribution in [0.1, 0.15) is 99.8 Å². The number of ether oxygens (including phenoxy) is 1. The summed E-state index contributed by atoms with van der Waals surface area (Å²) in [6.07, 6.45) is 10.1. The summed E-state index contributed by atoms with van der Waals surface area (Å²) in [5.74, 6) is 1.84. The molecule has 2 saturated carbocycles. The Morgan fingerprint density at radius 2 is 1.30 bits per heavy atom. The predicted molar refractivity (Wildman–Crippen MR) is 113 cm³/mol. The van der Waals surface area contributed by atoms with E-state index >= 15 is 0 Å². The number of ketones is 1. The Bertz CT molecular complexity index is 497. The molecule has 0 bridgehead atoms. The number of rotatable bonds is 2. The second-order valence-electron chi connectivity index (χ2n) is 10.4. The van der Waals surface area contributed by atoms with Gasteiger partial charge in [0.2, 0.25) is 0 Å². The van der Waals surface area contributed by atoms with Gasteiger partial charge in [0.25, 0.3) is 0 Å². The van der Waals surface area contributed by atoms with Gasteiger partial charge in [0.15, 0.2) is 0 Å². The van der Waals surface area contributed by atoms with Crippen LogP contribution in [0, 0.1) is 22.7 Å². The lowest BCUT2D eigenvalue weighted by atomic mass is 9.71. The lowest BCUT2D eigenvalue weighted by molar-refractivity contribution is -0.137. The molecule has 0 unspecified atom stereocenters. The normalized spacial score (nSPS) is 22.0. The summed E-state index contributed by atoms with van der Waals surface area (Å²) in [5.41, 5.74) is 2.06. The lowest BCUT2D eigenvalue weighted by Crippen LogP contribution is -2.25. The number of hydrogen-bond donors (Lipinski definition) is 0. The van der Waals surface area contributed by atoms with Crippen LogP contribution in [0.2, 0.25) is 0 Å². The minimum atomic E-state index is -0.174. The number of Topliss-reactive ketones (excluding diaryl/α,β-unsaturated/α-hetero) is 1. The lowest BCUT2D eigenvalue weighted by Gasteiger charge is -2.34. The first kappa shape index (κ1) is 23.9. The number of esters is 1. The summed E-state index contributed by atoms with van der Waals surface area (Å²) in [4.78, 5) is 22.2. The van der Waals surface area contributed by atoms with Crippen molar-refractivity contribution in [3.8, 4) is 0 Å². The van der Waals surface area contributed by atoms with E-state index in [0.29, 0.717) is 23.2 Å². The van der Waals surface area contributed by atoms with E-state index in [-0.39, 0.29) is 5.97 Å². The zero-order chi connectivity index (χ0) is 20.7. The summed E-state index contributed by atoms with van der Waals surface area (Å²) < 4.78 is 4.92. The van der Waals surface area contributed by atoms with E-state index in [2.05, 4.69) is 41.5 Å². The fraction of sp³-hybridized carbons (Fsp3) is 0.833. The zero-order valence-corrected chi connectivity index (χ0v) is 18.8. The highest BCUT2D eigenvalue weighted by atomic mass is 16.5. The van der Waals surface area contributed by atoms with Crippen molar-refractivity contribution in [3.63, 3.8) is 0 Å². The average Bonchev–Trinajstić information content (AvgIpc) is 2.55. The molecule has 0 aromatic carbocycles. The van der Waals surface area contributed by atoms with Gasteiger partial charge in [-0.2, -0.15) is 0 Å². The second kappa shape index (κ2) is 10.4. The third-order valence-corrected chi connectivity index (χ3v) is 6.23. The molecule has 0 aromatic heterocycles. The van der Waals surface area contributed by atoms with Gasteiger partial charge >= 0.3 is 5.97 Å². The van der Waals surface area contributed by atoms with Crippen LogP contribution in [0.25, 0.3) is 0 Å². The van der Waals surface area contributed by atoms with Crippen molar-refractivity contribution >= 4 is 11.8 Å². The maximum absolute atomic E-state index is 11.3. The van der Waals surface area contributed by atoms with Crippen molar-refractivity contribution in [1.29, 1.82) is 0 Å². The van der Waals surface area contributed by atoms with Crippen LogP contribution in [0.3, 0.4) is 0 Å². The average molecular weight is 379 g/mol. The second-order valence-corrected chi connectivity index (χ2v) is 10.4. The van der Waals surface area contributed by atoms with Crippen molar-refractivity contribution in [2.24, 2.45) is 22.7 Å². The molecule has 0 amide bonds. The largest absolute Gasteiger partial charge is 0.463 e. The molecule has 2 rings (SSSR count). The Morgan fingerprint density at radius 1 is 0.889 bits per heavy atom. The summed E-state index contributed by atoms with van der Waals surface area (Å²) in [5, 5.41) is 0. The number of allylic oxidation sites excluding steroid dienone is 1. The highest BCUT2D eigenvalue weighted by molar-refractivity contribution is 5.82. The fourth-order valence-corrected chi connectivity index (χ4v) is 4.16. The van der Waals surface area contributed by atoms with Gasteiger partial charge in [-0.3, -0.25) is 4.79 Å². The molecule has 27 heavy (non-hydrogen) atoms. The van der Waals surface area contributed by atoms with Crippen molar-refractivity contribution in [2.45, 2.75) is 99.8 Å². The molecule has 0 saturated heterocycles. The van der Waals surface area contributed by atoms with Crippen LogP contribution in [-0.4, -0.2) is 18.4 Å². The topological polar surface area (TPSA) is 43.4 Å². The van der Waals surface area contributed by atoms with Gasteiger partial charge < -0.3 is 4.74 Å². The Hall–Kier alpha value is -1.12. The minimum absolute atomic E-state index is 0.174. The standard InChI is InChI=1S/C14H24O2.C10H18O/c1-5-16-13(15)10-11-6-8-12(9-7-11)14(2,3)4;1-10(2,3)8-4-6-9(11)7-5-8/h10,12H,5-9H2,1-4H3;8H,4-7H2,1-3H3. The van der Waals surface area contributed by atoms with E-state index in [9.17, 15) is 9.59 Å². The van der Waals surface area contributed by atoms with Gasteiger partial charge in [0, 0.05) is 18.9 Å². The summed E-state index contributed by atoms with van der Waals surface area (Å²) in [6, 6.07) is 0. The monoisotopic (exact) mass is 378 g/mol. The quantitative estimate of drug-likeness (QED) is 0.406. The molecule has 0 atom stereocenters. The maximum Gasteiger partial charge on any atom is 0.330 e. The van der Waals surface area contributed by atoms with Gasteiger partial charge in [-0.05, 0) is 68.1 Å². The highest BCUT2D eigenvalue weighted by Gasteiger charge is 2.29. The third kappa shape index (κ3) is 9.08. The van der Waals surface area contributed by atoms with E-state index in [1.807, 2.05) is 6.92 Å². The molecule has 3 nitrogen and oxygen atoms in total. The van der Waals surface area contributed by atoms with Crippen molar-refractivity contribution < 1.29 is 14.3 Å². The zero-order valence-electron chi connectivity index (χ0n) is 18.8. The summed E-state index contributed by atoms with van der Waals surface area (Å²) in [7, 11) is 0. The van der Waals surface area contributed by atoms with Gasteiger partial charge in [0.1, 0.15) is 5.78 Å². The Kier molecular flexibility index (Phi) is 9.24. The van der Waals surface area contributed by atoms with Gasteiger partial charge in [-0.25, -0.2) is 4.79 Å². The molecular formula is C24H42O3. The van der Waals surface area contributed by atoms with Crippen molar-refractivity contribution in [1.82, 2.24) is 0 Å². The Balaban J connectivity index is 0.000000289. The first-order valence-corrected chi connectivity index (χ1v) is 10.8. The molecule has 0 heterocycles. The van der Waals surface area contributed by atoms with Crippen molar-refractivity contribution in [2.75, 3.05) is 6.61 Å². The van der Waals surface area contributed by atoms with Crippen LogP contribution in [-0.2, 0) is 14.3 Å². The summed E-state index contributed by atoms with van der Waals surface area (Å²) in [6.45, 7) is 16.0. The smallest absolute Gasteiger partial charge is 0.330 e. The number of carbonyl (C=O) groups is 2. The third-order valence-electron chi connectivity index (χ3n) is 6.23. The first-order valence-electron chi connectivity index (χ1n) is 10.8. The van der Waals surface area contributed by atoms with E-state index < -0.39 is 0 Å². The van der Waals surface area contributed by atoms with E-state index in [1.165, 1.54) is 18.4 Å². The van der Waals surface area contributed by atoms with Crippen molar-refractivity contribution in [3.05, 3.63) is 11.6 Å².